The van der Waals surface area contributed by atoms with Gasteiger partial charge in [0.15, 0.2) is 5.69 Å². The highest BCUT2D eigenvalue weighted by Gasteiger charge is 2.35. The second-order valence-corrected chi connectivity index (χ2v) is 9.30. The Labute approximate surface area is 182 Å². The van der Waals surface area contributed by atoms with Crippen LogP contribution in [0.2, 0.25) is 0 Å². The molecule has 4 fully saturated rings. The van der Waals surface area contributed by atoms with Crippen molar-refractivity contribution in [3.63, 3.8) is 0 Å². The van der Waals surface area contributed by atoms with Crippen molar-refractivity contribution in [2.24, 2.45) is 11.8 Å². The number of rotatable bonds is 7. The summed E-state index contributed by atoms with van der Waals surface area (Å²) >= 11 is 0. The zero-order valence-electron chi connectivity index (χ0n) is 18.2. The first-order valence-electron chi connectivity index (χ1n) is 11.7. The number of piperidine rings is 3. The molecule has 0 radical (unpaired) electrons. The fourth-order valence-electron chi connectivity index (χ4n) is 4.88. The summed E-state index contributed by atoms with van der Waals surface area (Å²) in [6, 6.07) is 5.69. The third-order valence-corrected chi connectivity index (χ3v) is 6.86. The summed E-state index contributed by atoms with van der Waals surface area (Å²) in [6.45, 7) is 6.71. The van der Waals surface area contributed by atoms with E-state index in [1.807, 2.05) is 29.8 Å². The van der Waals surface area contributed by atoms with Crippen molar-refractivity contribution in [1.82, 2.24) is 25.3 Å². The van der Waals surface area contributed by atoms with Crippen molar-refractivity contribution in [2.75, 3.05) is 31.5 Å². The average Bonchev–Trinajstić information content (AvgIpc) is 3.53. The van der Waals surface area contributed by atoms with Gasteiger partial charge in [-0.3, -0.25) is 9.48 Å². The smallest absolute Gasteiger partial charge is 0.319 e. The monoisotopic (exact) mass is 424 g/mol. The van der Waals surface area contributed by atoms with Crippen molar-refractivity contribution < 1.29 is 9.59 Å². The van der Waals surface area contributed by atoms with Gasteiger partial charge in [-0.05, 0) is 75.2 Å². The standard InChI is InChI=1S/C23H32N6O2/c1-2-9-24-23(31)25-17-5-6-18-20(12-17)29(13-15-3-4-15)27-21(18)22(30)26-19-14-28-10-7-16(19)8-11-28/h5-6,12,15-16,19H,2-4,7-11,13-14H2,1H3,(H,26,30)(H2,24,25,31)/t19-/m1/s1. The predicted molar refractivity (Wildman–Crippen MR) is 120 cm³/mol. The highest BCUT2D eigenvalue weighted by molar-refractivity contribution is 6.06. The van der Waals surface area contributed by atoms with E-state index in [-0.39, 0.29) is 18.0 Å². The number of benzene rings is 1. The summed E-state index contributed by atoms with van der Waals surface area (Å²) in [7, 11) is 0. The van der Waals surface area contributed by atoms with Gasteiger partial charge in [-0.15, -0.1) is 0 Å². The average molecular weight is 425 g/mol. The van der Waals surface area contributed by atoms with E-state index in [0.29, 0.717) is 29.8 Å². The van der Waals surface area contributed by atoms with E-state index < -0.39 is 0 Å². The van der Waals surface area contributed by atoms with Crippen LogP contribution < -0.4 is 16.0 Å². The van der Waals surface area contributed by atoms with E-state index in [2.05, 4.69) is 20.9 Å². The van der Waals surface area contributed by atoms with Gasteiger partial charge in [0.25, 0.3) is 5.91 Å². The normalized spacial score (nSPS) is 24.9. The quantitative estimate of drug-likeness (QED) is 0.637. The molecule has 1 atom stereocenters. The number of nitrogens with zero attached hydrogens (tertiary/aromatic N) is 3. The van der Waals surface area contributed by atoms with E-state index in [4.69, 9.17) is 5.10 Å². The lowest BCUT2D eigenvalue weighted by molar-refractivity contribution is 0.0618. The molecule has 1 saturated carbocycles. The van der Waals surface area contributed by atoms with E-state index in [1.54, 1.807) is 0 Å². The Kier molecular flexibility index (Phi) is 5.56. The number of urea groups is 1. The summed E-state index contributed by atoms with van der Waals surface area (Å²) in [5, 5.41) is 14.6. The number of carbonyl (C=O) groups excluding carboxylic acids is 2. The lowest BCUT2D eigenvalue weighted by Gasteiger charge is -2.44. The maximum atomic E-state index is 13.2. The molecular formula is C23H32N6O2. The summed E-state index contributed by atoms with van der Waals surface area (Å²) in [4.78, 5) is 27.7. The van der Waals surface area contributed by atoms with Crippen LogP contribution in [-0.4, -0.2) is 58.8 Å². The molecule has 2 aromatic rings. The lowest BCUT2D eigenvalue weighted by atomic mass is 9.84. The number of nitrogens with one attached hydrogen (secondary N) is 3. The Hall–Kier alpha value is -2.61. The minimum absolute atomic E-state index is 0.0836. The molecule has 3 amide bonds. The van der Waals surface area contributed by atoms with Crippen LogP contribution in [-0.2, 0) is 6.54 Å². The van der Waals surface area contributed by atoms with Crippen molar-refractivity contribution in [2.45, 2.75) is 51.6 Å². The largest absolute Gasteiger partial charge is 0.346 e. The molecule has 1 aromatic heterocycles. The van der Waals surface area contributed by atoms with E-state index >= 15 is 0 Å². The zero-order chi connectivity index (χ0) is 21.4. The maximum Gasteiger partial charge on any atom is 0.319 e. The van der Waals surface area contributed by atoms with Crippen molar-refractivity contribution in [1.29, 1.82) is 0 Å². The molecule has 2 bridgehead atoms. The Bertz CT molecular complexity index is 974. The van der Waals surface area contributed by atoms with E-state index in [1.165, 1.54) is 12.8 Å². The van der Waals surface area contributed by atoms with Gasteiger partial charge in [0.2, 0.25) is 0 Å². The van der Waals surface area contributed by atoms with Crippen molar-refractivity contribution in [3.8, 4) is 0 Å². The molecule has 3 aliphatic heterocycles. The minimum atomic E-state index is -0.213. The van der Waals surface area contributed by atoms with Gasteiger partial charge in [-0.25, -0.2) is 4.79 Å². The molecular weight excluding hydrogens is 392 g/mol. The SMILES string of the molecule is CCCNC(=O)Nc1ccc2c(C(=O)N[C@@H]3CN4CCC3CC4)nn(CC3CC3)c2c1. The third kappa shape index (κ3) is 4.39. The fourth-order valence-corrected chi connectivity index (χ4v) is 4.88. The van der Waals surface area contributed by atoms with Crippen LogP contribution in [0.4, 0.5) is 10.5 Å². The molecule has 1 aliphatic carbocycles. The highest BCUT2D eigenvalue weighted by atomic mass is 16.2. The molecule has 4 aliphatic rings. The van der Waals surface area contributed by atoms with Gasteiger partial charge >= 0.3 is 6.03 Å². The van der Waals surface area contributed by atoms with E-state index in [9.17, 15) is 9.59 Å². The Balaban J connectivity index is 1.38. The molecule has 6 rings (SSSR count). The third-order valence-electron chi connectivity index (χ3n) is 6.86. The number of hydrogen-bond donors (Lipinski definition) is 3. The summed E-state index contributed by atoms with van der Waals surface area (Å²) in [5.41, 5.74) is 2.11. The summed E-state index contributed by atoms with van der Waals surface area (Å²) in [6.07, 6.45) is 5.63. The van der Waals surface area contributed by atoms with Gasteiger partial charge < -0.3 is 20.9 Å². The van der Waals surface area contributed by atoms with Crippen LogP contribution in [0, 0.1) is 11.8 Å². The fraction of sp³-hybridized carbons (Fsp3) is 0.609. The molecule has 1 aromatic carbocycles. The summed E-state index contributed by atoms with van der Waals surface area (Å²) in [5.74, 6) is 1.12. The number of fused-ring (bicyclic) bond motifs is 4. The van der Waals surface area contributed by atoms with Crippen LogP contribution >= 0.6 is 0 Å². The topological polar surface area (TPSA) is 91.3 Å². The molecule has 8 nitrogen and oxygen atoms in total. The van der Waals surface area contributed by atoms with Crippen LogP contribution in [0.25, 0.3) is 10.9 Å². The molecule has 4 heterocycles. The van der Waals surface area contributed by atoms with Gasteiger partial charge in [-0.2, -0.15) is 5.10 Å². The Morgan fingerprint density at radius 1 is 1.16 bits per heavy atom. The number of carbonyl (C=O) groups is 2. The molecule has 166 valence electrons. The molecule has 31 heavy (non-hydrogen) atoms. The number of anilines is 1. The first kappa shape index (κ1) is 20.3. The molecule has 3 N–H and O–H groups in total. The Morgan fingerprint density at radius 2 is 1.97 bits per heavy atom. The van der Waals surface area contributed by atoms with Crippen molar-refractivity contribution in [3.05, 3.63) is 23.9 Å². The number of amides is 3. The van der Waals surface area contributed by atoms with Gasteiger partial charge in [0, 0.05) is 36.7 Å². The second kappa shape index (κ2) is 8.49. The van der Waals surface area contributed by atoms with Crippen LogP contribution in [0.3, 0.4) is 0 Å². The molecule has 0 spiro atoms. The summed E-state index contributed by atoms with van der Waals surface area (Å²) < 4.78 is 1.95. The molecule has 3 saturated heterocycles. The maximum absolute atomic E-state index is 13.2. The lowest BCUT2D eigenvalue weighted by Crippen LogP contribution is -2.57. The van der Waals surface area contributed by atoms with Crippen molar-refractivity contribution >= 4 is 28.5 Å². The van der Waals surface area contributed by atoms with E-state index in [0.717, 1.165) is 56.3 Å². The zero-order valence-corrected chi connectivity index (χ0v) is 18.2. The number of aromatic nitrogens is 2. The first-order valence-corrected chi connectivity index (χ1v) is 11.7. The Morgan fingerprint density at radius 3 is 2.65 bits per heavy atom. The highest BCUT2D eigenvalue weighted by Crippen LogP contribution is 2.33. The van der Waals surface area contributed by atoms with Crippen LogP contribution in [0.15, 0.2) is 18.2 Å². The number of hydrogen-bond acceptors (Lipinski definition) is 4. The van der Waals surface area contributed by atoms with Gasteiger partial charge in [0.05, 0.1) is 5.52 Å². The van der Waals surface area contributed by atoms with Gasteiger partial charge in [0.1, 0.15) is 0 Å². The first-order chi connectivity index (χ1) is 15.1. The van der Waals surface area contributed by atoms with Crippen LogP contribution in [0.5, 0.6) is 0 Å². The minimum Gasteiger partial charge on any atom is -0.346 e. The molecule has 8 heteroatoms. The molecule has 0 unspecified atom stereocenters. The predicted octanol–water partition coefficient (Wildman–Crippen LogP) is 2.80. The second-order valence-electron chi connectivity index (χ2n) is 9.30. The van der Waals surface area contributed by atoms with Gasteiger partial charge in [-0.1, -0.05) is 6.92 Å². The van der Waals surface area contributed by atoms with Crippen LogP contribution in [0.1, 0.15) is 49.5 Å².